The third-order valence-electron chi connectivity index (χ3n) is 5.05. The van der Waals surface area contributed by atoms with Gasteiger partial charge < -0.3 is 10.2 Å². The summed E-state index contributed by atoms with van der Waals surface area (Å²) in [6.07, 6.45) is 4.80. The van der Waals surface area contributed by atoms with Crippen LogP contribution >= 0.6 is 0 Å². The zero-order chi connectivity index (χ0) is 17.2. The van der Waals surface area contributed by atoms with Gasteiger partial charge in [-0.1, -0.05) is 12.8 Å². The standard InChI is InChI=1S/C17H20N6O2/c24-15-9-12(10-23(15)14-3-1-2-4-14)17(25)18-13-7-5-11(6-8-13)16-19-21-22-20-16/h5-8,12,14H,1-4,9-10H2,(H,18,25)(H,19,20,21,22)/t12-/m1/s1. The number of benzene rings is 1. The number of hydrogen-bond acceptors (Lipinski definition) is 5. The molecule has 2 aliphatic rings. The van der Waals surface area contributed by atoms with Crippen LogP contribution in [0.5, 0.6) is 0 Å². The van der Waals surface area contributed by atoms with E-state index in [1.807, 2.05) is 17.0 Å². The highest BCUT2D eigenvalue weighted by atomic mass is 16.2. The zero-order valence-electron chi connectivity index (χ0n) is 13.8. The Kier molecular flexibility index (Phi) is 4.17. The predicted molar refractivity (Wildman–Crippen MR) is 90.3 cm³/mol. The van der Waals surface area contributed by atoms with E-state index < -0.39 is 0 Å². The summed E-state index contributed by atoms with van der Waals surface area (Å²) in [6.45, 7) is 0.538. The van der Waals surface area contributed by atoms with Crippen LogP contribution in [0.3, 0.4) is 0 Å². The van der Waals surface area contributed by atoms with Crippen molar-refractivity contribution in [3.05, 3.63) is 24.3 Å². The van der Waals surface area contributed by atoms with E-state index in [1.165, 1.54) is 12.8 Å². The number of carbonyl (C=O) groups is 2. The van der Waals surface area contributed by atoms with E-state index in [-0.39, 0.29) is 17.7 Å². The van der Waals surface area contributed by atoms with E-state index in [2.05, 4.69) is 25.9 Å². The van der Waals surface area contributed by atoms with E-state index in [0.717, 1.165) is 18.4 Å². The van der Waals surface area contributed by atoms with Crippen LogP contribution in [0, 0.1) is 5.92 Å². The maximum absolute atomic E-state index is 12.5. The molecule has 1 aromatic heterocycles. The van der Waals surface area contributed by atoms with Crippen LogP contribution in [0.2, 0.25) is 0 Å². The summed E-state index contributed by atoms with van der Waals surface area (Å²) in [4.78, 5) is 26.6. The fraction of sp³-hybridized carbons (Fsp3) is 0.471. The molecule has 1 aliphatic carbocycles. The summed E-state index contributed by atoms with van der Waals surface area (Å²) in [5, 5.41) is 16.7. The second-order valence-corrected chi connectivity index (χ2v) is 6.69. The number of aromatic nitrogens is 4. The fourth-order valence-corrected chi connectivity index (χ4v) is 3.71. The summed E-state index contributed by atoms with van der Waals surface area (Å²) < 4.78 is 0. The van der Waals surface area contributed by atoms with Crippen LogP contribution in [0.4, 0.5) is 5.69 Å². The highest BCUT2D eigenvalue weighted by Crippen LogP contribution is 2.30. The Morgan fingerprint density at radius 2 is 1.96 bits per heavy atom. The van der Waals surface area contributed by atoms with Gasteiger partial charge in [-0.05, 0) is 42.3 Å². The molecule has 1 aliphatic heterocycles. The number of tetrazole rings is 1. The fourth-order valence-electron chi connectivity index (χ4n) is 3.71. The molecule has 2 N–H and O–H groups in total. The largest absolute Gasteiger partial charge is 0.339 e. The molecule has 2 fully saturated rings. The molecule has 0 radical (unpaired) electrons. The first-order valence-electron chi connectivity index (χ1n) is 8.65. The smallest absolute Gasteiger partial charge is 0.229 e. The molecule has 2 aromatic rings. The maximum atomic E-state index is 12.5. The Morgan fingerprint density at radius 3 is 2.64 bits per heavy atom. The van der Waals surface area contributed by atoms with Gasteiger partial charge >= 0.3 is 0 Å². The van der Waals surface area contributed by atoms with Crippen LogP contribution in [0.25, 0.3) is 11.4 Å². The highest BCUT2D eigenvalue weighted by molar-refractivity contribution is 5.97. The normalized spacial score (nSPS) is 21.0. The molecule has 8 nitrogen and oxygen atoms in total. The number of aromatic amines is 1. The molecule has 0 unspecified atom stereocenters. The van der Waals surface area contributed by atoms with Gasteiger partial charge in [-0.15, -0.1) is 10.2 Å². The zero-order valence-corrected chi connectivity index (χ0v) is 13.8. The number of rotatable bonds is 4. The monoisotopic (exact) mass is 340 g/mol. The van der Waals surface area contributed by atoms with Gasteiger partial charge in [-0.25, -0.2) is 0 Å². The Labute approximate surface area is 145 Å². The molecule has 1 saturated heterocycles. The minimum atomic E-state index is -0.273. The Morgan fingerprint density at radius 1 is 1.20 bits per heavy atom. The molecule has 8 heteroatoms. The maximum Gasteiger partial charge on any atom is 0.229 e. The third kappa shape index (κ3) is 3.24. The van der Waals surface area contributed by atoms with Crippen molar-refractivity contribution in [1.82, 2.24) is 25.5 Å². The molecule has 130 valence electrons. The van der Waals surface area contributed by atoms with Crippen LogP contribution in [0.1, 0.15) is 32.1 Å². The first-order valence-corrected chi connectivity index (χ1v) is 8.65. The summed E-state index contributed by atoms with van der Waals surface area (Å²) in [5.41, 5.74) is 1.51. The first kappa shape index (κ1) is 15.7. The molecule has 1 saturated carbocycles. The van der Waals surface area contributed by atoms with Crippen LogP contribution in [0.15, 0.2) is 24.3 Å². The average molecular weight is 340 g/mol. The predicted octanol–water partition coefficient (Wildman–Crippen LogP) is 1.60. The molecule has 1 aromatic carbocycles. The number of amides is 2. The molecule has 0 spiro atoms. The topological polar surface area (TPSA) is 104 Å². The van der Waals surface area contributed by atoms with E-state index in [1.54, 1.807) is 12.1 Å². The molecule has 1 atom stereocenters. The van der Waals surface area contributed by atoms with Gasteiger partial charge in [0.1, 0.15) is 0 Å². The number of nitrogens with one attached hydrogen (secondary N) is 2. The molecule has 2 amide bonds. The summed E-state index contributed by atoms with van der Waals surface area (Å²) in [7, 11) is 0. The Balaban J connectivity index is 1.38. The van der Waals surface area contributed by atoms with Crippen LogP contribution in [-0.4, -0.2) is 49.9 Å². The minimum Gasteiger partial charge on any atom is -0.339 e. The molecule has 4 rings (SSSR count). The SMILES string of the molecule is O=C(Nc1ccc(-c2nn[nH]n2)cc1)[C@@H]1CC(=O)N(C2CCCC2)C1. The Bertz CT molecular complexity index is 752. The number of hydrogen-bond donors (Lipinski definition) is 2. The second-order valence-electron chi connectivity index (χ2n) is 6.69. The molecule has 0 bridgehead atoms. The highest BCUT2D eigenvalue weighted by Gasteiger charge is 2.38. The molecular weight excluding hydrogens is 320 g/mol. The number of H-pyrrole nitrogens is 1. The van der Waals surface area contributed by atoms with Gasteiger partial charge in [0.05, 0.1) is 5.92 Å². The number of likely N-dealkylation sites (tertiary alicyclic amines) is 1. The summed E-state index contributed by atoms with van der Waals surface area (Å²) in [5.74, 6) is 0.247. The summed E-state index contributed by atoms with van der Waals surface area (Å²) in [6, 6.07) is 7.58. The lowest BCUT2D eigenvalue weighted by molar-refractivity contribution is -0.129. The first-order chi connectivity index (χ1) is 12.2. The van der Waals surface area contributed by atoms with Crippen molar-refractivity contribution in [1.29, 1.82) is 0 Å². The van der Waals surface area contributed by atoms with E-state index in [9.17, 15) is 9.59 Å². The quantitative estimate of drug-likeness (QED) is 0.880. The molecular formula is C17H20N6O2. The van der Waals surface area contributed by atoms with Crippen molar-refractivity contribution in [2.75, 3.05) is 11.9 Å². The van der Waals surface area contributed by atoms with Crippen molar-refractivity contribution in [3.8, 4) is 11.4 Å². The average Bonchev–Trinajstić information content (AvgIpc) is 3.37. The number of carbonyl (C=O) groups excluding carboxylic acids is 2. The second kappa shape index (κ2) is 6.62. The van der Waals surface area contributed by atoms with Gasteiger partial charge in [0, 0.05) is 30.3 Å². The van der Waals surface area contributed by atoms with Crippen molar-refractivity contribution in [2.45, 2.75) is 38.1 Å². The van der Waals surface area contributed by atoms with Gasteiger partial charge in [-0.3, -0.25) is 9.59 Å². The van der Waals surface area contributed by atoms with Gasteiger partial charge in [0.2, 0.25) is 17.6 Å². The van der Waals surface area contributed by atoms with Crippen molar-refractivity contribution in [3.63, 3.8) is 0 Å². The van der Waals surface area contributed by atoms with Gasteiger partial charge in [0.15, 0.2) is 0 Å². The van der Waals surface area contributed by atoms with Crippen molar-refractivity contribution >= 4 is 17.5 Å². The Hall–Kier alpha value is -2.77. The number of nitrogens with zero attached hydrogens (tertiary/aromatic N) is 4. The van der Waals surface area contributed by atoms with Crippen LogP contribution in [-0.2, 0) is 9.59 Å². The summed E-state index contributed by atoms with van der Waals surface area (Å²) >= 11 is 0. The van der Waals surface area contributed by atoms with E-state index >= 15 is 0 Å². The number of anilines is 1. The van der Waals surface area contributed by atoms with Gasteiger partial charge in [-0.2, -0.15) is 5.21 Å². The van der Waals surface area contributed by atoms with Gasteiger partial charge in [0.25, 0.3) is 0 Å². The van der Waals surface area contributed by atoms with Crippen molar-refractivity contribution in [2.24, 2.45) is 5.92 Å². The third-order valence-corrected chi connectivity index (χ3v) is 5.05. The molecule has 25 heavy (non-hydrogen) atoms. The lowest BCUT2D eigenvalue weighted by Gasteiger charge is -2.23. The lowest BCUT2D eigenvalue weighted by Crippen LogP contribution is -2.35. The minimum absolute atomic E-state index is 0.0961. The van der Waals surface area contributed by atoms with E-state index in [0.29, 0.717) is 30.5 Å². The molecule has 2 heterocycles. The lowest BCUT2D eigenvalue weighted by atomic mass is 10.1. The van der Waals surface area contributed by atoms with Crippen molar-refractivity contribution < 1.29 is 9.59 Å². The van der Waals surface area contributed by atoms with E-state index in [4.69, 9.17) is 0 Å². The van der Waals surface area contributed by atoms with Crippen LogP contribution < -0.4 is 5.32 Å².